The lowest BCUT2D eigenvalue weighted by molar-refractivity contribution is 0.0127. The van der Waals surface area contributed by atoms with E-state index in [9.17, 15) is 5.11 Å². The first-order valence-electron chi connectivity index (χ1n) is 6.74. The van der Waals surface area contributed by atoms with Crippen LogP contribution in [0.4, 0.5) is 0 Å². The average molecular weight is 245 g/mol. The lowest BCUT2D eigenvalue weighted by Crippen LogP contribution is -2.37. The van der Waals surface area contributed by atoms with Gasteiger partial charge in [0, 0.05) is 19.7 Å². The second kappa shape index (κ2) is 8.86. The third-order valence-corrected chi connectivity index (χ3v) is 3.19. The van der Waals surface area contributed by atoms with Crippen LogP contribution in [0.15, 0.2) is 0 Å². The van der Waals surface area contributed by atoms with Gasteiger partial charge in [0.05, 0.1) is 25.9 Å². The standard InChI is InChI=1S/C13H27NO3/c1-3-12(8-11-4-5-11)14-9-13(15)10-17-7-6-16-2/h11-15H,3-10H2,1-2H3. The van der Waals surface area contributed by atoms with Crippen molar-refractivity contribution in [3.63, 3.8) is 0 Å². The Hall–Kier alpha value is -0.160. The summed E-state index contributed by atoms with van der Waals surface area (Å²) in [4.78, 5) is 0. The van der Waals surface area contributed by atoms with E-state index in [0.717, 1.165) is 12.3 Å². The number of ether oxygens (including phenoxy) is 2. The summed E-state index contributed by atoms with van der Waals surface area (Å²) in [6, 6.07) is 0.552. The normalized spacial score (nSPS) is 19.2. The van der Waals surface area contributed by atoms with E-state index in [4.69, 9.17) is 9.47 Å². The molecule has 1 aliphatic carbocycles. The number of aliphatic hydroxyl groups is 1. The van der Waals surface area contributed by atoms with Crippen molar-refractivity contribution in [2.45, 2.75) is 44.8 Å². The van der Waals surface area contributed by atoms with Crippen molar-refractivity contribution in [1.29, 1.82) is 0 Å². The van der Waals surface area contributed by atoms with Crippen LogP contribution in [0.1, 0.15) is 32.6 Å². The zero-order chi connectivity index (χ0) is 12.5. The summed E-state index contributed by atoms with van der Waals surface area (Å²) in [5.74, 6) is 0.933. The second-order valence-corrected chi connectivity index (χ2v) is 4.91. The Labute approximate surface area is 105 Å². The third-order valence-electron chi connectivity index (χ3n) is 3.19. The van der Waals surface area contributed by atoms with Crippen LogP contribution in [0.3, 0.4) is 0 Å². The van der Waals surface area contributed by atoms with Gasteiger partial charge in [-0.25, -0.2) is 0 Å². The zero-order valence-electron chi connectivity index (χ0n) is 11.2. The van der Waals surface area contributed by atoms with Gasteiger partial charge in [0.2, 0.25) is 0 Å². The van der Waals surface area contributed by atoms with Crippen LogP contribution >= 0.6 is 0 Å². The van der Waals surface area contributed by atoms with Crippen LogP contribution < -0.4 is 5.32 Å². The summed E-state index contributed by atoms with van der Waals surface area (Å²) in [5.41, 5.74) is 0. The maximum absolute atomic E-state index is 9.71. The molecular formula is C13H27NO3. The molecule has 1 rings (SSSR count). The molecule has 0 bridgehead atoms. The van der Waals surface area contributed by atoms with E-state index in [2.05, 4.69) is 12.2 Å². The molecule has 4 heteroatoms. The van der Waals surface area contributed by atoms with Crippen molar-refractivity contribution in [3.05, 3.63) is 0 Å². The Morgan fingerprint density at radius 2 is 2.12 bits per heavy atom. The third kappa shape index (κ3) is 7.71. The molecule has 2 N–H and O–H groups in total. The number of aliphatic hydroxyl groups excluding tert-OH is 1. The molecule has 0 amide bonds. The van der Waals surface area contributed by atoms with Crippen molar-refractivity contribution in [1.82, 2.24) is 5.32 Å². The SMILES string of the molecule is CCC(CC1CC1)NCC(O)COCCOC. The average Bonchev–Trinajstić information content (AvgIpc) is 3.14. The number of methoxy groups -OCH3 is 1. The van der Waals surface area contributed by atoms with Gasteiger partial charge in [0.1, 0.15) is 0 Å². The Balaban J connectivity index is 1.98. The highest BCUT2D eigenvalue weighted by atomic mass is 16.5. The van der Waals surface area contributed by atoms with Crippen molar-refractivity contribution >= 4 is 0 Å². The number of nitrogens with one attached hydrogen (secondary N) is 1. The monoisotopic (exact) mass is 245 g/mol. The summed E-state index contributed by atoms with van der Waals surface area (Å²) in [6.07, 6.45) is 4.75. The Morgan fingerprint density at radius 1 is 1.35 bits per heavy atom. The first-order valence-corrected chi connectivity index (χ1v) is 6.74. The molecule has 0 aromatic rings. The van der Waals surface area contributed by atoms with E-state index >= 15 is 0 Å². The van der Waals surface area contributed by atoms with Gasteiger partial charge in [0.15, 0.2) is 0 Å². The molecule has 1 fully saturated rings. The fourth-order valence-corrected chi connectivity index (χ4v) is 1.87. The quantitative estimate of drug-likeness (QED) is 0.537. The first-order chi connectivity index (χ1) is 8.26. The fourth-order valence-electron chi connectivity index (χ4n) is 1.87. The van der Waals surface area contributed by atoms with Gasteiger partial charge in [-0.05, 0) is 18.8 Å². The molecule has 0 aromatic carbocycles. The van der Waals surface area contributed by atoms with Crippen LogP contribution in [0, 0.1) is 5.92 Å². The van der Waals surface area contributed by atoms with Crippen molar-refractivity contribution in [3.8, 4) is 0 Å². The molecule has 0 aliphatic heterocycles. The Bertz CT molecular complexity index is 186. The van der Waals surface area contributed by atoms with Crippen LogP contribution in [-0.4, -0.2) is 50.7 Å². The molecule has 0 spiro atoms. The van der Waals surface area contributed by atoms with E-state index in [1.165, 1.54) is 19.3 Å². The largest absolute Gasteiger partial charge is 0.389 e. The molecule has 0 saturated heterocycles. The van der Waals surface area contributed by atoms with Gasteiger partial charge >= 0.3 is 0 Å². The zero-order valence-corrected chi connectivity index (χ0v) is 11.2. The molecule has 0 heterocycles. The molecule has 1 saturated carbocycles. The predicted molar refractivity (Wildman–Crippen MR) is 68.1 cm³/mol. The van der Waals surface area contributed by atoms with Crippen LogP contribution in [0.2, 0.25) is 0 Å². The second-order valence-electron chi connectivity index (χ2n) is 4.91. The number of hydrogen-bond donors (Lipinski definition) is 2. The fraction of sp³-hybridized carbons (Fsp3) is 1.00. The summed E-state index contributed by atoms with van der Waals surface area (Å²) in [7, 11) is 1.64. The molecule has 17 heavy (non-hydrogen) atoms. The van der Waals surface area contributed by atoms with E-state index in [1.807, 2.05) is 0 Å². The number of rotatable bonds is 11. The molecule has 2 unspecified atom stereocenters. The van der Waals surface area contributed by atoms with Gasteiger partial charge in [-0.15, -0.1) is 0 Å². The predicted octanol–water partition coefficient (Wildman–Crippen LogP) is 1.18. The van der Waals surface area contributed by atoms with E-state index in [0.29, 0.717) is 32.4 Å². The topological polar surface area (TPSA) is 50.7 Å². The minimum Gasteiger partial charge on any atom is -0.389 e. The van der Waals surface area contributed by atoms with E-state index < -0.39 is 6.10 Å². The lowest BCUT2D eigenvalue weighted by Gasteiger charge is -2.19. The van der Waals surface area contributed by atoms with Crippen LogP contribution in [0.5, 0.6) is 0 Å². The molecule has 2 atom stereocenters. The summed E-state index contributed by atoms with van der Waals surface area (Å²) in [6.45, 7) is 4.34. The van der Waals surface area contributed by atoms with Crippen LogP contribution in [0.25, 0.3) is 0 Å². The molecule has 0 radical (unpaired) electrons. The Kier molecular flexibility index (Phi) is 7.77. The summed E-state index contributed by atoms with van der Waals surface area (Å²) < 4.78 is 10.1. The molecule has 1 aliphatic rings. The molecule has 102 valence electrons. The minimum absolute atomic E-state index is 0.385. The smallest absolute Gasteiger partial charge is 0.0897 e. The van der Waals surface area contributed by atoms with Gasteiger partial charge < -0.3 is 19.9 Å². The summed E-state index contributed by atoms with van der Waals surface area (Å²) >= 11 is 0. The van der Waals surface area contributed by atoms with Gasteiger partial charge in [-0.1, -0.05) is 19.8 Å². The van der Waals surface area contributed by atoms with Crippen LogP contribution in [-0.2, 0) is 9.47 Å². The highest BCUT2D eigenvalue weighted by Gasteiger charge is 2.24. The molecule has 4 nitrogen and oxygen atoms in total. The summed E-state index contributed by atoms with van der Waals surface area (Å²) in [5, 5.41) is 13.1. The minimum atomic E-state index is -0.417. The lowest BCUT2D eigenvalue weighted by atomic mass is 10.1. The number of hydrogen-bond acceptors (Lipinski definition) is 4. The highest BCUT2D eigenvalue weighted by molar-refractivity contribution is 4.80. The van der Waals surface area contributed by atoms with Gasteiger partial charge in [0.25, 0.3) is 0 Å². The van der Waals surface area contributed by atoms with E-state index in [1.54, 1.807) is 7.11 Å². The van der Waals surface area contributed by atoms with E-state index in [-0.39, 0.29) is 0 Å². The maximum atomic E-state index is 9.71. The van der Waals surface area contributed by atoms with Gasteiger partial charge in [-0.3, -0.25) is 0 Å². The van der Waals surface area contributed by atoms with Gasteiger partial charge in [-0.2, -0.15) is 0 Å². The maximum Gasteiger partial charge on any atom is 0.0897 e. The molecular weight excluding hydrogens is 218 g/mol. The van der Waals surface area contributed by atoms with Crippen molar-refractivity contribution in [2.24, 2.45) is 5.92 Å². The molecule has 0 aromatic heterocycles. The van der Waals surface area contributed by atoms with Crippen molar-refractivity contribution in [2.75, 3.05) is 33.5 Å². The first kappa shape index (κ1) is 14.9. The Morgan fingerprint density at radius 3 is 2.71 bits per heavy atom. The highest BCUT2D eigenvalue weighted by Crippen LogP contribution is 2.33. The van der Waals surface area contributed by atoms with Crippen molar-refractivity contribution < 1.29 is 14.6 Å².